The third-order valence-electron chi connectivity index (χ3n) is 5.38. The summed E-state index contributed by atoms with van der Waals surface area (Å²) in [7, 11) is -3.80. The van der Waals surface area contributed by atoms with Gasteiger partial charge in [0, 0.05) is 22.3 Å². The Hall–Kier alpha value is -2.91. The van der Waals surface area contributed by atoms with Crippen molar-refractivity contribution in [2.24, 2.45) is 5.41 Å². The number of rotatable bonds is 7. The lowest BCUT2D eigenvalue weighted by Crippen LogP contribution is -2.29. The highest BCUT2D eigenvalue weighted by molar-refractivity contribution is 9.10. The van der Waals surface area contributed by atoms with Crippen molar-refractivity contribution >= 4 is 43.5 Å². The SMILES string of the molecule is CC/C=C\C=C1/CC(C)(C)CN1S(=O)(=O)c1ccc(C(=O)Nc2ccc(Br)cc2C(=O)O)cc1. The van der Waals surface area contributed by atoms with E-state index in [4.69, 9.17) is 0 Å². The summed E-state index contributed by atoms with van der Waals surface area (Å²) >= 11 is 3.21. The molecule has 0 bridgehead atoms. The van der Waals surface area contributed by atoms with Crippen molar-refractivity contribution in [1.82, 2.24) is 4.31 Å². The van der Waals surface area contributed by atoms with Crippen molar-refractivity contribution in [2.45, 2.75) is 38.5 Å². The van der Waals surface area contributed by atoms with Crippen LogP contribution in [0.1, 0.15) is 54.3 Å². The molecule has 7 nitrogen and oxygen atoms in total. The minimum Gasteiger partial charge on any atom is -0.478 e. The van der Waals surface area contributed by atoms with E-state index < -0.39 is 21.9 Å². The molecule has 1 aliphatic rings. The van der Waals surface area contributed by atoms with Gasteiger partial charge in [-0.25, -0.2) is 13.2 Å². The number of nitrogens with zero attached hydrogens (tertiary/aromatic N) is 1. The van der Waals surface area contributed by atoms with E-state index in [-0.39, 0.29) is 27.1 Å². The molecule has 0 aliphatic carbocycles. The molecule has 9 heteroatoms. The van der Waals surface area contributed by atoms with Gasteiger partial charge in [-0.2, -0.15) is 0 Å². The molecule has 0 spiro atoms. The Morgan fingerprint density at radius 3 is 2.47 bits per heavy atom. The lowest BCUT2D eigenvalue weighted by Gasteiger charge is -2.22. The van der Waals surface area contributed by atoms with Gasteiger partial charge in [0.05, 0.1) is 16.1 Å². The first-order valence-corrected chi connectivity index (χ1v) is 13.0. The van der Waals surface area contributed by atoms with Crippen molar-refractivity contribution in [2.75, 3.05) is 11.9 Å². The van der Waals surface area contributed by atoms with E-state index in [1.165, 1.54) is 40.7 Å². The minimum absolute atomic E-state index is 0.0602. The molecule has 3 rings (SSSR count). The zero-order chi connectivity index (χ0) is 25.1. The fourth-order valence-electron chi connectivity index (χ4n) is 3.72. The molecule has 2 aromatic carbocycles. The van der Waals surface area contributed by atoms with Crippen molar-refractivity contribution in [3.8, 4) is 0 Å². The molecule has 1 amide bonds. The molecule has 1 heterocycles. The van der Waals surface area contributed by atoms with Gasteiger partial charge in [-0.1, -0.05) is 48.9 Å². The van der Waals surface area contributed by atoms with Crippen LogP contribution in [-0.2, 0) is 10.0 Å². The Bertz CT molecular complexity index is 1260. The van der Waals surface area contributed by atoms with E-state index in [2.05, 4.69) is 21.2 Å². The number of sulfonamides is 1. The monoisotopic (exact) mass is 546 g/mol. The number of halogens is 1. The Labute approximate surface area is 208 Å². The molecule has 1 aliphatic heterocycles. The summed E-state index contributed by atoms with van der Waals surface area (Å²) in [5.74, 6) is -1.72. The molecule has 180 valence electrons. The normalized spacial score (nSPS) is 16.8. The number of anilines is 1. The van der Waals surface area contributed by atoms with Crippen LogP contribution in [0.3, 0.4) is 0 Å². The van der Waals surface area contributed by atoms with Crippen molar-refractivity contribution in [1.29, 1.82) is 0 Å². The first-order chi connectivity index (χ1) is 15.9. The molecule has 0 unspecified atom stereocenters. The van der Waals surface area contributed by atoms with Crippen LogP contribution >= 0.6 is 15.9 Å². The standard InChI is InChI=1S/C25H27BrN2O5S/c1-4-5-6-7-19-15-25(2,3)16-28(19)34(32,33)20-11-8-17(9-12-20)23(29)27-22-13-10-18(26)14-21(22)24(30)31/h5-14H,4,15-16H2,1-3H3,(H,27,29)(H,30,31)/b6-5-,19-7+. The molecule has 1 fully saturated rings. The van der Waals surface area contributed by atoms with Gasteiger partial charge in [-0.05, 0) is 66.8 Å². The van der Waals surface area contributed by atoms with Gasteiger partial charge in [0.2, 0.25) is 0 Å². The molecule has 0 radical (unpaired) electrons. The van der Waals surface area contributed by atoms with Gasteiger partial charge in [0.15, 0.2) is 0 Å². The second-order valence-corrected chi connectivity index (χ2v) is 11.6. The predicted molar refractivity (Wildman–Crippen MR) is 135 cm³/mol. The first-order valence-electron chi connectivity index (χ1n) is 10.8. The van der Waals surface area contributed by atoms with E-state index in [1.54, 1.807) is 6.07 Å². The van der Waals surface area contributed by atoms with Crippen molar-refractivity contribution in [3.05, 3.63) is 82.0 Å². The van der Waals surface area contributed by atoms with Crippen LogP contribution in [0.4, 0.5) is 5.69 Å². The summed E-state index contributed by atoms with van der Waals surface area (Å²) in [5.41, 5.74) is 0.835. The fourth-order valence-corrected chi connectivity index (χ4v) is 5.77. The number of hydrogen-bond acceptors (Lipinski definition) is 4. The second-order valence-electron chi connectivity index (χ2n) is 8.82. The number of carboxylic acids is 1. The number of amides is 1. The van der Waals surface area contributed by atoms with Crippen molar-refractivity contribution in [3.63, 3.8) is 0 Å². The Balaban J connectivity index is 1.84. The number of allylic oxidation sites excluding steroid dienone is 4. The maximum absolute atomic E-state index is 13.4. The summed E-state index contributed by atoms with van der Waals surface area (Å²) in [6, 6.07) is 10.1. The summed E-state index contributed by atoms with van der Waals surface area (Å²) in [4.78, 5) is 24.2. The van der Waals surface area contributed by atoms with Gasteiger partial charge >= 0.3 is 5.97 Å². The number of carbonyl (C=O) groups is 2. The van der Waals surface area contributed by atoms with E-state index in [9.17, 15) is 23.1 Å². The van der Waals surface area contributed by atoms with E-state index in [0.717, 1.165) is 12.1 Å². The van der Waals surface area contributed by atoms with Crippen LogP contribution in [0.25, 0.3) is 0 Å². The highest BCUT2D eigenvalue weighted by Crippen LogP contribution is 2.40. The number of benzene rings is 2. The van der Waals surface area contributed by atoms with Crippen LogP contribution in [0, 0.1) is 5.41 Å². The number of carboxylic acid groups (broad SMARTS) is 1. The van der Waals surface area contributed by atoms with Crippen LogP contribution in [0.5, 0.6) is 0 Å². The van der Waals surface area contributed by atoms with Gasteiger partial charge in [-0.3, -0.25) is 9.10 Å². The van der Waals surface area contributed by atoms with E-state index in [1.807, 2.05) is 39.0 Å². The van der Waals surface area contributed by atoms with Gasteiger partial charge in [-0.15, -0.1) is 0 Å². The summed E-state index contributed by atoms with van der Waals surface area (Å²) < 4.78 is 28.8. The van der Waals surface area contributed by atoms with Gasteiger partial charge in [0.1, 0.15) is 0 Å². The zero-order valence-electron chi connectivity index (χ0n) is 19.2. The molecule has 0 atom stereocenters. The highest BCUT2D eigenvalue weighted by Gasteiger charge is 2.39. The van der Waals surface area contributed by atoms with Gasteiger partial charge < -0.3 is 10.4 Å². The van der Waals surface area contributed by atoms with Crippen molar-refractivity contribution < 1.29 is 23.1 Å². The fraction of sp³-hybridized carbons (Fsp3) is 0.280. The average Bonchev–Trinajstić information content (AvgIpc) is 3.10. The lowest BCUT2D eigenvalue weighted by atomic mass is 9.92. The second kappa shape index (κ2) is 10.1. The molecule has 2 N–H and O–H groups in total. The van der Waals surface area contributed by atoms with Crippen LogP contribution in [0.2, 0.25) is 0 Å². The number of carbonyl (C=O) groups excluding carboxylic acids is 1. The quantitative estimate of drug-likeness (QED) is 0.465. The maximum Gasteiger partial charge on any atom is 0.337 e. The molecular weight excluding hydrogens is 520 g/mol. The lowest BCUT2D eigenvalue weighted by molar-refractivity contribution is 0.0698. The van der Waals surface area contributed by atoms with Crippen LogP contribution in [0.15, 0.2) is 75.8 Å². The summed E-state index contributed by atoms with van der Waals surface area (Å²) in [5, 5.41) is 12.0. The number of aromatic carboxylic acids is 1. The molecular formula is C25H27BrN2O5S. The van der Waals surface area contributed by atoms with E-state index in [0.29, 0.717) is 17.4 Å². The third kappa shape index (κ3) is 5.77. The largest absolute Gasteiger partial charge is 0.478 e. The number of nitrogens with one attached hydrogen (secondary N) is 1. The maximum atomic E-state index is 13.4. The average molecular weight is 547 g/mol. The third-order valence-corrected chi connectivity index (χ3v) is 7.68. The molecule has 1 saturated heterocycles. The minimum atomic E-state index is -3.80. The van der Waals surface area contributed by atoms with Crippen LogP contribution < -0.4 is 5.32 Å². The number of hydrogen-bond donors (Lipinski definition) is 2. The van der Waals surface area contributed by atoms with Crippen LogP contribution in [-0.4, -0.2) is 36.3 Å². The smallest absolute Gasteiger partial charge is 0.337 e. The molecule has 0 aromatic heterocycles. The predicted octanol–water partition coefficient (Wildman–Crippen LogP) is 5.67. The highest BCUT2D eigenvalue weighted by atomic mass is 79.9. The van der Waals surface area contributed by atoms with Gasteiger partial charge in [0.25, 0.3) is 15.9 Å². The Kier molecular flexibility index (Phi) is 7.67. The molecule has 2 aromatic rings. The molecule has 0 saturated carbocycles. The zero-order valence-corrected chi connectivity index (χ0v) is 21.6. The summed E-state index contributed by atoms with van der Waals surface area (Å²) in [6.45, 7) is 6.44. The topological polar surface area (TPSA) is 104 Å². The Morgan fingerprint density at radius 1 is 1.18 bits per heavy atom. The molecule has 34 heavy (non-hydrogen) atoms. The van der Waals surface area contributed by atoms with E-state index >= 15 is 0 Å². The Morgan fingerprint density at radius 2 is 1.85 bits per heavy atom. The first kappa shape index (κ1) is 25.7. The summed E-state index contributed by atoms with van der Waals surface area (Å²) in [6.07, 6.45) is 7.19.